The summed E-state index contributed by atoms with van der Waals surface area (Å²) in [5.74, 6) is -0.225. The topological polar surface area (TPSA) is 29.5 Å². The molecule has 1 aromatic carbocycles. The Bertz CT molecular complexity index is 248. The number of para-hydroxylation sites is 1. The molecule has 12 heavy (non-hydrogen) atoms. The molecular weight excluding hydrogens is 159 g/mol. The van der Waals surface area contributed by atoms with E-state index in [1.54, 1.807) is 19.1 Å². The van der Waals surface area contributed by atoms with Crippen LogP contribution in [0.3, 0.4) is 0 Å². The van der Waals surface area contributed by atoms with Crippen LogP contribution in [0.1, 0.15) is 6.92 Å². The molecule has 1 rings (SSSR count). The normalized spacial score (nSPS) is 12.6. The van der Waals surface area contributed by atoms with Crippen molar-refractivity contribution in [3.63, 3.8) is 0 Å². The number of benzene rings is 1. The molecule has 1 N–H and O–H groups in total. The number of hydrogen-bond acceptors (Lipinski definition) is 2. The van der Waals surface area contributed by atoms with Crippen molar-refractivity contribution < 1.29 is 14.2 Å². The summed E-state index contributed by atoms with van der Waals surface area (Å²) in [5.41, 5.74) is 0. The van der Waals surface area contributed by atoms with Crippen LogP contribution in [0.4, 0.5) is 4.39 Å². The van der Waals surface area contributed by atoms with E-state index in [0.29, 0.717) is 0 Å². The lowest BCUT2D eigenvalue weighted by atomic mass is 10.3. The molecular formula is C9H11FO2. The summed E-state index contributed by atoms with van der Waals surface area (Å²) in [6.07, 6.45) is -0.579. The Morgan fingerprint density at radius 1 is 1.50 bits per heavy atom. The molecule has 0 aliphatic rings. The van der Waals surface area contributed by atoms with Gasteiger partial charge in [-0.25, -0.2) is 4.39 Å². The Balaban J connectivity index is 2.57. The van der Waals surface area contributed by atoms with E-state index >= 15 is 0 Å². The Morgan fingerprint density at radius 3 is 2.75 bits per heavy atom. The van der Waals surface area contributed by atoms with Gasteiger partial charge in [0.05, 0.1) is 6.10 Å². The fourth-order valence-corrected chi connectivity index (χ4v) is 0.772. The zero-order chi connectivity index (χ0) is 8.97. The Labute approximate surface area is 70.6 Å². The van der Waals surface area contributed by atoms with Crippen molar-refractivity contribution >= 4 is 0 Å². The maximum absolute atomic E-state index is 12.8. The van der Waals surface area contributed by atoms with E-state index in [4.69, 9.17) is 9.84 Å². The molecule has 2 nitrogen and oxygen atoms in total. The van der Waals surface area contributed by atoms with E-state index < -0.39 is 11.9 Å². The summed E-state index contributed by atoms with van der Waals surface area (Å²) in [6, 6.07) is 6.11. The van der Waals surface area contributed by atoms with Crippen LogP contribution >= 0.6 is 0 Å². The van der Waals surface area contributed by atoms with Gasteiger partial charge in [-0.15, -0.1) is 0 Å². The number of aliphatic hydroxyl groups is 1. The van der Waals surface area contributed by atoms with Gasteiger partial charge in [-0.05, 0) is 19.1 Å². The third-order valence-electron chi connectivity index (χ3n) is 1.32. The van der Waals surface area contributed by atoms with Crippen molar-refractivity contribution in [2.75, 3.05) is 6.61 Å². The maximum atomic E-state index is 12.8. The van der Waals surface area contributed by atoms with E-state index in [9.17, 15) is 4.39 Å². The van der Waals surface area contributed by atoms with Gasteiger partial charge in [-0.3, -0.25) is 0 Å². The molecule has 1 atom stereocenters. The summed E-state index contributed by atoms with van der Waals surface area (Å²) in [6.45, 7) is 1.70. The molecule has 0 amide bonds. The summed E-state index contributed by atoms with van der Waals surface area (Å²) in [4.78, 5) is 0. The number of hydrogen-bond donors (Lipinski definition) is 1. The molecule has 0 heterocycles. The average molecular weight is 170 g/mol. The quantitative estimate of drug-likeness (QED) is 0.746. The highest BCUT2D eigenvalue weighted by atomic mass is 19.1. The van der Waals surface area contributed by atoms with Gasteiger partial charge in [0.15, 0.2) is 11.6 Å². The van der Waals surface area contributed by atoms with Gasteiger partial charge in [0, 0.05) is 0 Å². The molecule has 0 aromatic heterocycles. The highest BCUT2D eigenvalue weighted by molar-refractivity contribution is 5.23. The molecule has 0 radical (unpaired) electrons. The summed E-state index contributed by atoms with van der Waals surface area (Å²) in [5, 5.41) is 8.86. The van der Waals surface area contributed by atoms with Crippen LogP contribution in [0.25, 0.3) is 0 Å². The molecule has 0 bridgehead atoms. The minimum absolute atomic E-state index is 0.112. The first kappa shape index (κ1) is 9.00. The van der Waals surface area contributed by atoms with Crippen molar-refractivity contribution in [3.05, 3.63) is 30.1 Å². The number of halogens is 1. The van der Waals surface area contributed by atoms with Gasteiger partial charge < -0.3 is 9.84 Å². The molecule has 0 saturated carbocycles. The second-order valence-electron chi connectivity index (χ2n) is 2.59. The van der Waals surface area contributed by atoms with E-state index in [0.717, 1.165) is 0 Å². The van der Waals surface area contributed by atoms with Gasteiger partial charge in [0.2, 0.25) is 0 Å². The predicted molar refractivity (Wildman–Crippen MR) is 43.6 cm³/mol. The Kier molecular flexibility index (Phi) is 3.05. The smallest absolute Gasteiger partial charge is 0.165 e. The lowest BCUT2D eigenvalue weighted by Gasteiger charge is -2.07. The minimum Gasteiger partial charge on any atom is -0.488 e. The molecule has 0 spiro atoms. The van der Waals surface area contributed by atoms with Gasteiger partial charge in [-0.2, -0.15) is 0 Å². The summed E-state index contributed by atoms with van der Waals surface area (Å²) < 4.78 is 17.8. The monoisotopic (exact) mass is 170 g/mol. The summed E-state index contributed by atoms with van der Waals surface area (Å²) in [7, 11) is 0. The van der Waals surface area contributed by atoms with Gasteiger partial charge in [-0.1, -0.05) is 12.1 Å². The second kappa shape index (κ2) is 4.07. The van der Waals surface area contributed by atoms with Crippen molar-refractivity contribution in [1.29, 1.82) is 0 Å². The SMILES string of the molecule is CC(O)COc1ccccc1F. The molecule has 66 valence electrons. The molecule has 0 aliphatic carbocycles. The van der Waals surface area contributed by atoms with Crippen LogP contribution < -0.4 is 4.74 Å². The van der Waals surface area contributed by atoms with Crippen molar-refractivity contribution in [2.45, 2.75) is 13.0 Å². The number of aliphatic hydroxyl groups excluding tert-OH is 1. The van der Waals surface area contributed by atoms with Gasteiger partial charge in [0.25, 0.3) is 0 Å². The maximum Gasteiger partial charge on any atom is 0.165 e. The van der Waals surface area contributed by atoms with Crippen molar-refractivity contribution in [2.24, 2.45) is 0 Å². The van der Waals surface area contributed by atoms with Crippen molar-refractivity contribution in [3.8, 4) is 5.75 Å². The third-order valence-corrected chi connectivity index (χ3v) is 1.32. The van der Waals surface area contributed by atoms with Gasteiger partial charge in [0.1, 0.15) is 6.61 Å². The molecule has 3 heteroatoms. The van der Waals surface area contributed by atoms with Crippen LogP contribution in [-0.2, 0) is 0 Å². The molecule has 1 unspecified atom stereocenters. The third kappa shape index (κ3) is 2.51. The van der Waals surface area contributed by atoms with Crippen LogP contribution in [-0.4, -0.2) is 17.8 Å². The van der Waals surface area contributed by atoms with Crippen molar-refractivity contribution in [1.82, 2.24) is 0 Å². The van der Waals surface area contributed by atoms with Crippen LogP contribution in [0.15, 0.2) is 24.3 Å². The Morgan fingerprint density at radius 2 is 2.17 bits per heavy atom. The fraction of sp³-hybridized carbons (Fsp3) is 0.333. The van der Waals surface area contributed by atoms with Gasteiger partial charge >= 0.3 is 0 Å². The first-order chi connectivity index (χ1) is 5.70. The average Bonchev–Trinajstić information content (AvgIpc) is 2.03. The number of rotatable bonds is 3. The first-order valence-corrected chi connectivity index (χ1v) is 3.75. The van der Waals surface area contributed by atoms with E-state index in [2.05, 4.69) is 0 Å². The number of ether oxygens (including phenoxy) is 1. The zero-order valence-electron chi connectivity index (χ0n) is 6.83. The highest BCUT2D eigenvalue weighted by Crippen LogP contribution is 2.15. The van der Waals surface area contributed by atoms with Crippen LogP contribution in [0, 0.1) is 5.82 Å². The van der Waals surface area contributed by atoms with E-state index in [1.807, 2.05) is 0 Å². The van der Waals surface area contributed by atoms with Crippen LogP contribution in [0.2, 0.25) is 0 Å². The summed E-state index contributed by atoms with van der Waals surface area (Å²) >= 11 is 0. The minimum atomic E-state index is -0.579. The first-order valence-electron chi connectivity index (χ1n) is 3.75. The molecule has 0 aliphatic heterocycles. The predicted octanol–water partition coefficient (Wildman–Crippen LogP) is 1.59. The van der Waals surface area contributed by atoms with E-state index in [1.165, 1.54) is 12.1 Å². The molecule has 1 aromatic rings. The Hall–Kier alpha value is -1.09. The molecule has 0 fully saturated rings. The standard InChI is InChI=1S/C9H11FO2/c1-7(11)6-12-9-5-3-2-4-8(9)10/h2-5,7,11H,6H2,1H3. The largest absolute Gasteiger partial charge is 0.488 e. The molecule has 0 saturated heterocycles. The fourth-order valence-electron chi connectivity index (χ4n) is 0.772. The highest BCUT2D eigenvalue weighted by Gasteiger charge is 2.02. The lowest BCUT2D eigenvalue weighted by molar-refractivity contribution is 0.120. The van der Waals surface area contributed by atoms with E-state index in [-0.39, 0.29) is 12.4 Å². The zero-order valence-corrected chi connectivity index (χ0v) is 6.83. The lowest BCUT2D eigenvalue weighted by Crippen LogP contribution is -2.13. The van der Waals surface area contributed by atoms with Crippen LogP contribution in [0.5, 0.6) is 5.75 Å². The second-order valence-corrected chi connectivity index (χ2v) is 2.59.